The average Bonchev–Trinajstić information content (AvgIpc) is 2.34. The molecule has 0 saturated carbocycles. The molecule has 10 heteroatoms. The van der Waals surface area contributed by atoms with Crippen molar-refractivity contribution in [3.63, 3.8) is 0 Å². The van der Waals surface area contributed by atoms with E-state index in [2.05, 4.69) is 10.1 Å². The van der Waals surface area contributed by atoms with Gasteiger partial charge in [0.05, 0.1) is 10.9 Å². The first-order chi connectivity index (χ1) is 9.49. The smallest absolute Gasteiger partial charge is 0.422 e. The molecule has 1 aromatic rings. The summed E-state index contributed by atoms with van der Waals surface area (Å²) in [5.74, 6) is 0. The van der Waals surface area contributed by atoms with Gasteiger partial charge in [-0.05, 0) is 24.6 Å². The van der Waals surface area contributed by atoms with Gasteiger partial charge in [0.1, 0.15) is 0 Å². The Morgan fingerprint density at radius 3 is 2.29 bits per heavy atom. The first-order valence-corrected chi connectivity index (χ1v) is 7.16. The molecule has 118 valence electrons. The zero-order valence-electron chi connectivity index (χ0n) is 10.8. The number of ether oxygens (including phenoxy) is 1. The van der Waals surface area contributed by atoms with E-state index in [1.807, 2.05) is 0 Å². The third-order valence-corrected chi connectivity index (χ3v) is 3.34. The molecule has 1 aromatic carbocycles. The lowest BCUT2D eigenvalue weighted by Gasteiger charge is -2.15. The van der Waals surface area contributed by atoms with Crippen LogP contribution in [-0.2, 0) is 14.8 Å². The molecule has 0 aliphatic heterocycles. The third-order valence-electron chi connectivity index (χ3n) is 2.41. The summed E-state index contributed by atoms with van der Waals surface area (Å²) in [4.78, 5) is 11.0. The molecule has 6 nitrogen and oxygen atoms in total. The summed E-state index contributed by atoms with van der Waals surface area (Å²) in [6.07, 6.45) is -5.83. The van der Waals surface area contributed by atoms with Crippen molar-refractivity contribution >= 4 is 16.1 Å². The molecule has 0 aromatic heterocycles. The second-order valence-corrected chi connectivity index (χ2v) is 5.73. The van der Waals surface area contributed by atoms with Crippen molar-refractivity contribution in [1.82, 2.24) is 5.32 Å². The van der Waals surface area contributed by atoms with Gasteiger partial charge in [-0.2, -0.15) is 13.2 Å². The van der Waals surface area contributed by atoms with Crippen LogP contribution in [0, 0.1) is 0 Å². The number of sulfonamides is 1. The predicted octanol–water partition coefficient (Wildman–Crippen LogP) is 1.68. The van der Waals surface area contributed by atoms with Gasteiger partial charge in [-0.3, -0.25) is 0 Å². The molecule has 3 N–H and O–H groups in total. The Kier molecular flexibility index (Phi) is 5.18. The van der Waals surface area contributed by atoms with Crippen LogP contribution in [0.1, 0.15) is 18.5 Å². The Balaban J connectivity index is 2.64. The Morgan fingerprint density at radius 2 is 1.86 bits per heavy atom. The number of nitrogens with one attached hydrogen (secondary N) is 1. The van der Waals surface area contributed by atoms with Crippen LogP contribution in [0.15, 0.2) is 29.2 Å². The number of carbonyl (C=O) groups excluding carboxylic acids is 1. The summed E-state index contributed by atoms with van der Waals surface area (Å²) in [5.41, 5.74) is 0.478. The number of rotatable bonds is 4. The normalized spacial score (nSPS) is 13.6. The molecule has 0 aliphatic carbocycles. The molecule has 0 radical (unpaired) electrons. The van der Waals surface area contributed by atoms with Crippen molar-refractivity contribution in [1.29, 1.82) is 0 Å². The van der Waals surface area contributed by atoms with Gasteiger partial charge in [0, 0.05) is 0 Å². The minimum Gasteiger partial charge on any atom is -0.440 e. The van der Waals surface area contributed by atoms with E-state index in [1.165, 1.54) is 31.2 Å². The highest BCUT2D eigenvalue weighted by Crippen LogP contribution is 2.17. The number of benzene rings is 1. The van der Waals surface area contributed by atoms with Gasteiger partial charge in [-0.1, -0.05) is 12.1 Å². The van der Waals surface area contributed by atoms with Crippen LogP contribution < -0.4 is 10.5 Å². The number of amides is 1. The lowest BCUT2D eigenvalue weighted by atomic mass is 10.1. The third kappa shape index (κ3) is 6.00. The summed E-state index contributed by atoms with van der Waals surface area (Å²) in [5, 5.41) is 7.11. The minimum absolute atomic E-state index is 0.113. The van der Waals surface area contributed by atoms with Crippen LogP contribution in [-0.4, -0.2) is 27.3 Å². The fourth-order valence-corrected chi connectivity index (χ4v) is 1.91. The van der Waals surface area contributed by atoms with E-state index in [9.17, 15) is 26.4 Å². The van der Waals surface area contributed by atoms with Crippen LogP contribution in [0.3, 0.4) is 0 Å². The van der Waals surface area contributed by atoms with Gasteiger partial charge in [-0.25, -0.2) is 18.4 Å². The highest BCUT2D eigenvalue weighted by molar-refractivity contribution is 7.89. The van der Waals surface area contributed by atoms with Crippen LogP contribution in [0.4, 0.5) is 18.0 Å². The molecule has 0 spiro atoms. The van der Waals surface area contributed by atoms with Gasteiger partial charge in [0.15, 0.2) is 6.61 Å². The van der Waals surface area contributed by atoms with Gasteiger partial charge < -0.3 is 10.1 Å². The van der Waals surface area contributed by atoms with E-state index >= 15 is 0 Å². The Hall–Kier alpha value is -1.81. The standard InChI is InChI=1S/C11H13F3N2O4S/c1-7(16-10(17)20-6-11(12,13)14)8-2-4-9(5-3-8)21(15,18)19/h2-5,7H,6H2,1H3,(H,16,17)(H2,15,18,19). The lowest BCUT2D eigenvalue weighted by Crippen LogP contribution is -2.31. The maximum absolute atomic E-state index is 11.9. The Bertz CT molecular complexity index is 599. The molecule has 1 atom stereocenters. The first-order valence-electron chi connectivity index (χ1n) is 5.62. The molecule has 21 heavy (non-hydrogen) atoms. The van der Waals surface area contributed by atoms with Crippen LogP contribution in [0.25, 0.3) is 0 Å². The number of primary sulfonamides is 1. The van der Waals surface area contributed by atoms with Crippen LogP contribution in [0.5, 0.6) is 0 Å². The lowest BCUT2D eigenvalue weighted by molar-refractivity contribution is -0.160. The number of alkyl halides is 3. The zero-order valence-corrected chi connectivity index (χ0v) is 11.7. The van der Waals surface area contributed by atoms with Crippen molar-refractivity contribution in [2.24, 2.45) is 5.14 Å². The monoisotopic (exact) mass is 326 g/mol. The molecular formula is C11H13F3N2O4S. The van der Waals surface area contributed by atoms with E-state index in [0.717, 1.165) is 0 Å². The average molecular weight is 326 g/mol. The molecule has 0 saturated heterocycles. The Morgan fingerprint density at radius 1 is 1.33 bits per heavy atom. The number of carbonyl (C=O) groups is 1. The zero-order chi connectivity index (χ0) is 16.3. The van der Waals surface area contributed by atoms with E-state index in [4.69, 9.17) is 5.14 Å². The van der Waals surface area contributed by atoms with Crippen molar-refractivity contribution < 1.29 is 31.1 Å². The van der Waals surface area contributed by atoms with Crippen LogP contribution >= 0.6 is 0 Å². The summed E-state index contributed by atoms with van der Waals surface area (Å²) >= 11 is 0. The van der Waals surface area contributed by atoms with E-state index < -0.39 is 34.9 Å². The summed E-state index contributed by atoms with van der Waals surface area (Å²) < 4.78 is 61.7. The topological polar surface area (TPSA) is 98.5 Å². The van der Waals surface area contributed by atoms with E-state index in [-0.39, 0.29) is 4.90 Å². The number of alkyl carbamates (subject to hydrolysis) is 1. The second kappa shape index (κ2) is 6.31. The number of halogens is 3. The van der Waals surface area contributed by atoms with E-state index in [1.54, 1.807) is 0 Å². The summed E-state index contributed by atoms with van der Waals surface area (Å²) in [6, 6.07) is 4.55. The van der Waals surface area contributed by atoms with Crippen LogP contribution in [0.2, 0.25) is 0 Å². The largest absolute Gasteiger partial charge is 0.440 e. The van der Waals surface area contributed by atoms with Crippen molar-refractivity contribution in [2.45, 2.75) is 24.0 Å². The number of hydrogen-bond donors (Lipinski definition) is 2. The predicted molar refractivity (Wildman–Crippen MR) is 66.8 cm³/mol. The first kappa shape index (κ1) is 17.2. The molecule has 0 bridgehead atoms. The molecule has 0 heterocycles. The van der Waals surface area contributed by atoms with E-state index in [0.29, 0.717) is 5.56 Å². The SMILES string of the molecule is CC(NC(=O)OCC(F)(F)F)c1ccc(S(N)(=O)=O)cc1. The molecule has 1 amide bonds. The maximum atomic E-state index is 11.9. The van der Waals surface area contributed by atoms with Crippen molar-refractivity contribution in [3.05, 3.63) is 29.8 Å². The fourth-order valence-electron chi connectivity index (χ4n) is 1.40. The highest BCUT2D eigenvalue weighted by Gasteiger charge is 2.29. The maximum Gasteiger partial charge on any atom is 0.422 e. The molecule has 1 unspecified atom stereocenters. The van der Waals surface area contributed by atoms with Gasteiger partial charge in [0.2, 0.25) is 10.0 Å². The highest BCUT2D eigenvalue weighted by atomic mass is 32.2. The van der Waals surface area contributed by atoms with Gasteiger partial charge in [-0.15, -0.1) is 0 Å². The molecule has 0 fully saturated rings. The van der Waals surface area contributed by atoms with Crippen molar-refractivity contribution in [3.8, 4) is 0 Å². The quantitative estimate of drug-likeness (QED) is 0.879. The number of nitrogens with two attached hydrogens (primary N) is 1. The molecule has 0 aliphatic rings. The fraction of sp³-hybridized carbons (Fsp3) is 0.364. The van der Waals surface area contributed by atoms with Gasteiger partial charge in [0.25, 0.3) is 0 Å². The molecular weight excluding hydrogens is 313 g/mol. The van der Waals surface area contributed by atoms with Gasteiger partial charge >= 0.3 is 12.3 Å². The summed E-state index contributed by atoms with van der Waals surface area (Å²) in [7, 11) is -3.83. The summed E-state index contributed by atoms with van der Waals surface area (Å²) in [6.45, 7) is -0.184. The van der Waals surface area contributed by atoms with Crippen molar-refractivity contribution in [2.75, 3.05) is 6.61 Å². The Labute approximate surface area is 119 Å². The minimum atomic E-state index is -4.60. The number of hydrogen-bond acceptors (Lipinski definition) is 4. The molecule has 1 rings (SSSR count). The second-order valence-electron chi connectivity index (χ2n) is 4.17.